The van der Waals surface area contributed by atoms with Crippen molar-refractivity contribution in [1.82, 2.24) is 4.57 Å². The molecule has 0 atom stereocenters. The van der Waals surface area contributed by atoms with Gasteiger partial charge in [-0.15, -0.1) is 0 Å². The summed E-state index contributed by atoms with van der Waals surface area (Å²) in [7, 11) is -0.647. The lowest BCUT2D eigenvalue weighted by molar-refractivity contribution is 1.17. The molecule has 0 spiro atoms. The predicted molar refractivity (Wildman–Crippen MR) is 232 cm³/mol. The van der Waals surface area contributed by atoms with Crippen LogP contribution in [-0.4, -0.2) is 20.8 Å². The molecule has 13 rings (SSSR count). The van der Waals surface area contributed by atoms with Crippen LogP contribution in [0.2, 0.25) is 0 Å². The van der Waals surface area contributed by atoms with Gasteiger partial charge in [0.05, 0.1) is 31.9 Å². The summed E-state index contributed by atoms with van der Waals surface area (Å²) in [4.78, 5) is 7.83. The molecule has 5 heterocycles. The van der Waals surface area contributed by atoms with E-state index in [2.05, 4.69) is 184 Å². The highest BCUT2D eigenvalue weighted by atomic mass is 32.2. The number of nitrogens with zero attached hydrogens (tertiary/aromatic N) is 3. The number of rotatable bonds is 2. The van der Waals surface area contributed by atoms with E-state index >= 15 is 0 Å². The molecule has 0 fully saturated rings. The van der Waals surface area contributed by atoms with Gasteiger partial charge in [-0.3, -0.25) is 0 Å². The van der Waals surface area contributed by atoms with Crippen LogP contribution in [0, 0.1) is 0 Å². The second kappa shape index (κ2) is 10.7. The van der Waals surface area contributed by atoms with Crippen molar-refractivity contribution < 1.29 is 0 Å². The van der Waals surface area contributed by atoms with Gasteiger partial charge >= 0.3 is 0 Å². The average molecular weight is 720 g/mol. The van der Waals surface area contributed by atoms with E-state index in [9.17, 15) is 0 Å². The molecule has 0 unspecified atom stereocenters. The molecule has 4 aliphatic rings. The van der Waals surface area contributed by atoms with Gasteiger partial charge in [0.1, 0.15) is 0 Å². The van der Waals surface area contributed by atoms with Gasteiger partial charge in [-0.25, -0.2) is 0 Å². The van der Waals surface area contributed by atoms with Crippen molar-refractivity contribution in [3.8, 4) is 16.8 Å². The Morgan fingerprint density at radius 1 is 0.444 bits per heavy atom. The summed E-state index contributed by atoms with van der Waals surface area (Å²) in [5.41, 5.74) is 18.2. The van der Waals surface area contributed by atoms with Gasteiger partial charge in [-0.2, -0.15) is 0 Å². The minimum atomic E-state index is -0.647. The standard InChI is InChI=1S/C48H30BN3SSi/c1-3-15-36-32(11-1)33-12-2-4-16-37(33)50(36)31-25-23-29(24-26-31)30-27-40-46-41(28-30)52-39-18-6-8-21-44(39)54-45-22-10-14-35(48(45)52)49(46)34-13-9-20-43-47(34)51(40)38-17-5-7-19-42(38)53-43/h1-28H,54H2. The van der Waals surface area contributed by atoms with Crippen LogP contribution in [0.15, 0.2) is 180 Å². The number of benzene rings is 8. The van der Waals surface area contributed by atoms with Gasteiger partial charge in [-0.1, -0.05) is 121 Å². The molecule has 6 heteroatoms. The molecule has 0 saturated heterocycles. The number of hydrogen-bond donors (Lipinski definition) is 0. The lowest BCUT2D eigenvalue weighted by Gasteiger charge is -2.48. The van der Waals surface area contributed by atoms with E-state index in [0.717, 1.165) is 0 Å². The molecular formula is C48H30BN3SSi. The SMILES string of the molecule is c1ccc2c(c1)[SiH2]c1cccc3c1N2c1cc(-c2ccc(-n4c5ccccc5c5ccccc54)cc2)cc2c1B3c1cccc3c1N2c1ccccc1S3. The Morgan fingerprint density at radius 3 is 1.81 bits per heavy atom. The van der Waals surface area contributed by atoms with E-state index in [4.69, 9.17) is 0 Å². The van der Waals surface area contributed by atoms with Crippen LogP contribution in [-0.2, 0) is 0 Å². The molecular weight excluding hydrogens is 690 g/mol. The maximum absolute atomic E-state index is 2.63. The normalized spacial score (nSPS) is 14.5. The Labute approximate surface area is 320 Å². The van der Waals surface area contributed by atoms with Gasteiger partial charge < -0.3 is 14.4 Å². The fraction of sp³-hybridized carbons (Fsp3) is 0. The zero-order valence-electron chi connectivity index (χ0n) is 29.2. The van der Waals surface area contributed by atoms with Crippen molar-refractivity contribution in [3.63, 3.8) is 0 Å². The van der Waals surface area contributed by atoms with Crippen molar-refractivity contribution in [3.05, 3.63) is 170 Å². The first-order valence-electron chi connectivity index (χ1n) is 18.8. The predicted octanol–water partition coefficient (Wildman–Crippen LogP) is 8.43. The highest BCUT2D eigenvalue weighted by Gasteiger charge is 2.47. The van der Waals surface area contributed by atoms with Gasteiger partial charge in [0.25, 0.3) is 6.71 Å². The molecule has 8 aromatic carbocycles. The zero-order chi connectivity index (χ0) is 35.1. The molecule has 9 aromatic rings. The topological polar surface area (TPSA) is 11.4 Å². The molecule has 0 radical (unpaired) electrons. The van der Waals surface area contributed by atoms with E-state index in [1.54, 1.807) is 0 Å². The molecule has 0 bridgehead atoms. The van der Waals surface area contributed by atoms with Crippen molar-refractivity contribution in [2.24, 2.45) is 0 Å². The van der Waals surface area contributed by atoms with Crippen molar-refractivity contribution in [1.29, 1.82) is 0 Å². The first kappa shape index (κ1) is 29.3. The van der Waals surface area contributed by atoms with Crippen LogP contribution in [0.25, 0.3) is 38.6 Å². The third kappa shape index (κ3) is 3.79. The molecule has 0 amide bonds. The third-order valence-electron chi connectivity index (χ3n) is 12.1. The number of hydrogen-bond acceptors (Lipinski definition) is 3. The first-order chi connectivity index (χ1) is 26.8. The largest absolute Gasteiger partial charge is 0.312 e. The highest BCUT2D eigenvalue weighted by molar-refractivity contribution is 7.99. The third-order valence-corrected chi connectivity index (χ3v) is 15.2. The Bertz CT molecular complexity index is 2920. The summed E-state index contributed by atoms with van der Waals surface area (Å²) >= 11 is 1.91. The molecule has 0 N–H and O–H groups in total. The van der Waals surface area contributed by atoms with Crippen LogP contribution in [0.5, 0.6) is 0 Å². The summed E-state index contributed by atoms with van der Waals surface area (Å²) in [5, 5.41) is 5.61. The number of aromatic nitrogens is 1. The number of fused-ring (bicyclic) bond motifs is 11. The maximum atomic E-state index is 2.63. The molecule has 1 aromatic heterocycles. The van der Waals surface area contributed by atoms with E-state index < -0.39 is 9.52 Å². The first-order valence-corrected chi connectivity index (χ1v) is 21.0. The summed E-state index contributed by atoms with van der Waals surface area (Å²) in [6.07, 6.45) is 0. The smallest absolute Gasteiger partial charge is 0.252 e. The Kier molecular flexibility index (Phi) is 5.80. The maximum Gasteiger partial charge on any atom is 0.252 e. The van der Waals surface area contributed by atoms with Gasteiger partial charge in [0.2, 0.25) is 0 Å². The Hall–Kier alpha value is -6.21. The fourth-order valence-corrected chi connectivity index (χ4v) is 13.0. The second-order valence-corrected chi connectivity index (χ2v) is 17.8. The zero-order valence-corrected chi connectivity index (χ0v) is 31.4. The molecule has 0 aliphatic carbocycles. The quantitative estimate of drug-likeness (QED) is 0.167. The van der Waals surface area contributed by atoms with Crippen molar-refractivity contribution in [2.45, 2.75) is 9.79 Å². The molecule has 4 aliphatic heterocycles. The van der Waals surface area contributed by atoms with E-state index in [1.165, 1.54) is 109 Å². The van der Waals surface area contributed by atoms with Gasteiger partial charge in [-0.05, 0) is 98.6 Å². The second-order valence-electron chi connectivity index (χ2n) is 14.9. The monoisotopic (exact) mass is 719 g/mol. The number of anilines is 6. The lowest BCUT2D eigenvalue weighted by Crippen LogP contribution is -2.64. The summed E-state index contributed by atoms with van der Waals surface area (Å²) in [5.74, 6) is 0. The lowest BCUT2D eigenvalue weighted by atomic mass is 9.33. The summed E-state index contributed by atoms with van der Waals surface area (Å²) in [6, 6.07) is 63.9. The minimum Gasteiger partial charge on any atom is -0.312 e. The Balaban J connectivity index is 1.08. The summed E-state index contributed by atoms with van der Waals surface area (Å²) in [6.45, 7) is 0.157. The Morgan fingerprint density at radius 2 is 1.04 bits per heavy atom. The van der Waals surface area contributed by atoms with E-state index in [-0.39, 0.29) is 6.71 Å². The molecule has 250 valence electrons. The van der Waals surface area contributed by atoms with Crippen LogP contribution < -0.4 is 36.6 Å². The van der Waals surface area contributed by atoms with E-state index in [1.807, 2.05) is 11.8 Å². The van der Waals surface area contributed by atoms with Gasteiger partial charge in [0, 0.05) is 49.0 Å². The van der Waals surface area contributed by atoms with Gasteiger partial charge in [0.15, 0.2) is 0 Å². The van der Waals surface area contributed by atoms with Crippen LogP contribution in [0.4, 0.5) is 34.1 Å². The van der Waals surface area contributed by atoms with E-state index in [0.29, 0.717) is 0 Å². The highest BCUT2D eigenvalue weighted by Crippen LogP contribution is 2.54. The van der Waals surface area contributed by atoms with Crippen LogP contribution >= 0.6 is 11.8 Å². The van der Waals surface area contributed by atoms with Crippen LogP contribution in [0.1, 0.15) is 0 Å². The van der Waals surface area contributed by atoms with Crippen molar-refractivity contribution in [2.75, 3.05) is 9.80 Å². The number of para-hydroxylation sites is 6. The molecule has 54 heavy (non-hydrogen) atoms. The average Bonchev–Trinajstić information content (AvgIpc) is 3.57. The van der Waals surface area contributed by atoms with Crippen molar-refractivity contribution >= 4 is 111 Å². The minimum absolute atomic E-state index is 0.157. The summed E-state index contributed by atoms with van der Waals surface area (Å²) < 4.78 is 2.41. The molecule has 3 nitrogen and oxygen atoms in total. The molecule has 0 saturated carbocycles. The fourth-order valence-electron chi connectivity index (χ4n) is 9.96. The van der Waals surface area contributed by atoms with Crippen LogP contribution in [0.3, 0.4) is 0 Å².